The standard InChI is InChI=1S/C25H29N3O5/c29-19-10-9-16(14-20(19)30)11-12-26-22(31)15-18(17-6-2-1-3-7-17)23-24(32)27-21-8-4-5-13-28(21)25(23)33/h4-5,8-10,13-14,17-18,29-30,32H,1-3,6-7,11-12,15H2,(H,26,31). The normalized spacial score (nSPS) is 15.4. The molecule has 1 aliphatic rings. The second kappa shape index (κ2) is 9.94. The molecule has 0 bridgehead atoms. The molecule has 0 radical (unpaired) electrons. The quantitative estimate of drug-likeness (QED) is 0.409. The predicted octanol–water partition coefficient (Wildman–Crippen LogP) is 3.22. The Kier molecular flexibility index (Phi) is 6.82. The van der Waals surface area contributed by atoms with Crippen LogP contribution in [0.25, 0.3) is 5.65 Å². The van der Waals surface area contributed by atoms with Crippen molar-refractivity contribution in [2.75, 3.05) is 6.54 Å². The molecule has 2 heterocycles. The van der Waals surface area contributed by atoms with Gasteiger partial charge < -0.3 is 20.6 Å². The highest BCUT2D eigenvalue weighted by atomic mass is 16.3. The molecule has 8 nitrogen and oxygen atoms in total. The number of aromatic hydroxyl groups is 3. The average Bonchev–Trinajstić information content (AvgIpc) is 2.81. The van der Waals surface area contributed by atoms with Crippen molar-refractivity contribution in [3.05, 3.63) is 64.1 Å². The van der Waals surface area contributed by atoms with Gasteiger partial charge in [-0.3, -0.25) is 14.0 Å². The van der Waals surface area contributed by atoms with Crippen LogP contribution in [-0.2, 0) is 11.2 Å². The third-order valence-electron chi connectivity index (χ3n) is 6.52. The van der Waals surface area contributed by atoms with Crippen LogP contribution in [-0.4, -0.2) is 37.2 Å². The van der Waals surface area contributed by atoms with Crippen molar-refractivity contribution in [1.29, 1.82) is 0 Å². The SMILES string of the molecule is O=C(CC(c1c(O)nc2ccccn2c1=O)C1CCCCC1)NCCc1ccc(O)c(O)c1. The molecule has 1 aliphatic carbocycles. The van der Waals surface area contributed by atoms with Crippen molar-refractivity contribution in [2.45, 2.75) is 50.9 Å². The van der Waals surface area contributed by atoms with E-state index in [9.17, 15) is 24.9 Å². The molecule has 8 heteroatoms. The third kappa shape index (κ3) is 5.10. The number of carbonyl (C=O) groups is 1. The molecule has 0 spiro atoms. The molecule has 0 saturated heterocycles. The van der Waals surface area contributed by atoms with Gasteiger partial charge in [0.1, 0.15) is 5.65 Å². The number of hydrogen-bond acceptors (Lipinski definition) is 6. The van der Waals surface area contributed by atoms with E-state index in [2.05, 4.69) is 10.3 Å². The lowest BCUT2D eigenvalue weighted by Gasteiger charge is -2.30. The second-order valence-corrected chi connectivity index (χ2v) is 8.71. The average molecular weight is 452 g/mol. The van der Waals surface area contributed by atoms with Gasteiger partial charge in [-0.1, -0.05) is 31.4 Å². The molecule has 33 heavy (non-hydrogen) atoms. The largest absolute Gasteiger partial charge is 0.504 e. The maximum Gasteiger partial charge on any atom is 0.265 e. The summed E-state index contributed by atoms with van der Waals surface area (Å²) in [6, 6.07) is 9.71. The van der Waals surface area contributed by atoms with Crippen molar-refractivity contribution in [2.24, 2.45) is 5.92 Å². The van der Waals surface area contributed by atoms with Crippen LogP contribution in [0.5, 0.6) is 17.4 Å². The highest BCUT2D eigenvalue weighted by Crippen LogP contribution is 2.39. The molecule has 2 aromatic heterocycles. The van der Waals surface area contributed by atoms with E-state index in [1.807, 2.05) is 0 Å². The first kappa shape index (κ1) is 22.6. The number of hydrogen-bond donors (Lipinski definition) is 4. The maximum absolute atomic E-state index is 13.3. The maximum atomic E-state index is 13.3. The molecule has 3 aromatic rings. The molecule has 0 aliphatic heterocycles. The van der Waals surface area contributed by atoms with Gasteiger partial charge in [-0.2, -0.15) is 4.98 Å². The second-order valence-electron chi connectivity index (χ2n) is 8.71. The fourth-order valence-electron chi connectivity index (χ4n) is 4.80. The minimum Gasteiger partial charge on any atom is -0.504 e. The summed E-state index contributed by atoms with van der Waals surface area (Å²) in [4.78, 5) is 30.3. The first-order valence-electron chi connectivity index (χ1n) is 11.4. The van der Waals surface area contributed by atoms with E-state index >= 15 is 0 Å². The van der Waals surface area contributed by atoms with E-state index in [-0.39, 0.29) is 46.7 Å². The molecule has 4 rings (SSSR count). The van der Waals surface area contributed by atoms with E-state index in [0.717, 1.165) is 37.7 Å². The number of carbonyl (C=O) groups excluding carboxylic acids is 1. The van der Waals surface area contributed by atoms with Crippen LogP contribution in [0.4, 0.5) is 0 Å². The number of nitrogens with one attached hydrogen (secondary N) is 1. The van der Waals surface area contributed by atoms with Gasteiger partial charge in [0.25, 0.3) is 5.56 Å². The number of phenolic OH excluding ortho intramolecular Hbond substituents is 2. The van der Waals surface area contributed by atoms with Crippen LogP contribution in [0, 0.1) is 5.92 Å². The van der Waals surface area contributed by atoms with Crippen LogP contribution >= 0.6 is 0 Å². The van der Waals surface area contributed by atoms with Gasteiger partial charge in [0.2, 0.25) is 11.8 Å². The molecule has 4 N–H and O–H groups in total. The van der Waals surface area contributed by atoms with Gasteiger partial charge in [0, 0.05) is 25.1 Å². The Bertz CT molecular complexity index is 1200. The summed E-state index contributed by atoms with van der Waals surface area (Å²) in [5, 5.41) is 32.6. The Morgan fingerprint density at radius 1 is 1.09 bits per heavy atom. The lowest BCUT2D eigenvalue weighted by Crippen LogP contribution is -2.32. The van der Waals surface area contributed by atoms with Crippen LogP contribution in [0.15, 0.2) is 47.4 Å². The van der Waals surface area contributed by atoms with Crippen molar-refractivity contribution in [3.8, 4) is 17.4 Å². The molecular weight excluding hydrogens is 422 g/mol. The zero-order valence-electron chi connectivity index (χ0n) is 18.4. The number of rotatable bonds is 7. The first-order valence-corrected chi connectivity index (χ1v) is 11.4. The van der Waals surface area contributed by atoms with Crippen molar-refractivity contribution in [1.82, 2.24) is 14.7 Å². The van der Waals surface area contributed by atoms with Crippen molar-refractivity contribution < 1.29 is 20.1 Å². The summed E-state index contributed by atoms with van der Waals surface area (Å²) in [5.74, 6) is -1.18. The molecule has 1 aromatic carbocycles. The summed E-state index contributed by atoms with van der Waals surface area (Å²) >= 11 is 0. The van der Waals surface area contributed by atoms with E-state index in [1.54, 1.807) is 30.5 Å². The van der Waals surface area contributed by atoms with Crippen LogP contribution in [0.2, 0.25) is 0 Å². The van der Waals surface area contributed by atoms with E-state index < -0.39 is 5.92 Å². The minimum absolute atomic E-state index is 0.0921. The summed E-state index contributed by atoms with van der Waals surface area (Å²) in [6.45, 7) is 0.349. The van der Waals surface area contributed by atoms with Gasteiger partial charge in [-0.05, 0) is 55.0 Å². The predicted molar refractivity (Wildman–Crippen MR) is 124 cm³/mol. The monoisotopic (exact) mass is 451 g/mol. The number of benzene rings is 1. The molecule has 1 saturated carbocycles. The fourth-order valence-corrected chi connectivity index (χ4v) is 4.80. The summed E-state index contributed by atoms with van der Waals surface area (Å²) in [7, 11) is 0. The van der Waals surface area contributed by atoms with Crippen molar-refractivity contribution in [3.63, 3.8) is 0 Å². The van der Waals surface area contributed by atoms with Crippen molar-refractivity contribution >= 4 is 11.6 Å². The highest BCUT2D eigenvalue weighted by Gasteiger charge is 2.32. The van der Waals surface area contributed by atoms with Gasteiger partial charge in [-0.15, -0.1) is 0 Å². The molecule has 1 unspecified atom stereocenters. The molecule has 1 amide bonds. The first-order chi connectivity index (χ1) is 15.9. The van der Waals surface area contributed by atoms with E-state index in [4.69, 9.17) is 0 Å². The van der Waals surface area contributed by atoms with Gasteiger partial charge >= 0.3 is 0 Å². The Morgan fingerprint density at radius 3 is 2.64 bits per heavy atom. The minimum atomic E-state index is -0.417. The zero-order valence-corrected chi connectivity index (χ0v) is 18.4. The number of pyridine rings is 1. The molecule has 1 fully saturated rings. The Balaban J connectivity index is 1.53. The lowest BCUT2D eigenvalue weighted by molar-refractivity contribution is -0.121. The Hall–Kier alpha value is -3.55. The Morgan fingerprint density at radius 2 is 1.88 bits per heavy atom. The number of amides is 1. The van der Waals surface area contributed by atoms with Crippen LogP contribution in [0.3, 0.4) is 0 Å². The molecule has 1 atom stereocenters. The summed E-state index contributed by atoms with van der Waals surface area (Å²) in [6.07, 6.45) is 7.22. The van der Waals surface area contributed by atoms with Crippen LogP contribution in [0.1, 0.15) is 55.6 Å². The van der Waals surface area contributed by atoms with Gasteiger partial charge in [0.05, 0.1) is 5.56 Å². The highest BCUT2D eigenvalue weighted by molar-refractivity contribution is 5.77. The summed E-state index contributed by atoms with van der Waals surface area (Å²) in [5.41, 5.74) is 1.03. The fraction of sp³-hybridized carbons (Fsp3) is 0.400. The lowest BCUT2D eigenvalue weighted by atomic mass is 9.75. The Labute approximate surface area is 191 Å². The van der Waals surface area contributed by atoms with Gasteiger partial charge in [-0.25, -0.2) is 0 Å². The summed E-state index contributed by atoms with van der Waals surface area (Å²) < 4.78 is 1.42. The number of aromatic nitrogens is 2. The van der Waals surface area contributed by atoms with Gasteiger partial charge in [0.15, 0.2) is 11.5 Å². The van der Waals surface area contributed by atoms with E-state index in [0.29, 0.717) is 18.6 Å². The number of fused-ring (bicyclic) bond motifs is 1. The topological polar surface area (TPSA) is 124 Å². The third-order valence-corrected chi connectivity index (χ3v) is 6.52. The molecule has 174 valence electrons. The van der Waals surface area contributed by atoms with Crippen LogP contribution < -0.4 is 10.9 Å². The smallest absolute Gasteiger partial charge is 0.265 e. The van der Waals surface area contributed by atoms with E-state index in [1.165, 1.54) is 16.5 Å². The molecular formula is C25H29N3O5. The zero-order chi connectivity index (χ0) is 23.4. The number of nitrogens with zero attached hydrogens (tertiary/aromatic N) is 2. The number of phenols is 2.